The van der Waals surface area contributed by atoms with Crippen molar-refractivity contribution in [3.8, 4) is 0 Å². The van der Waals surface area contributed by atoms with Crippen molar-refractivity contribution < 1.29 is 9.90 Å². The highest BCUT2D eigenvalue weighted by molar-refractivity contribution is 5.85. The molecule has 0 spiro atoms. The summed E-state index contributed by atoms with van der Waals surface area (Å²) in [6, 6.07) is -0.0324. The van der Waals surface area contributed by atoms with Crippen molar-refractivity contribution in [1.29, 1.82) is 0 Å². The molecule has 0 aromatic heterocycles. The molecule has 0 amide bonds. The van der Waals surface area contributed by atoms with Gasteiger partial charge in [0.05, 0.1) is 5.41 Å². The zero-order chi connectivity index (χ0) is 7.80. The number of carbonyl (C=O) groups is 1. The average Bonchev–Trinajstić information content (AvgIpc) is 2.33. The fourth-order valence-electron chi connectivity index (χ4n) is 3.67. The van der Waals surface area contributed by atoms with E-state index in [4.69, 9.17) is 10.8 Å². The van der Waals surface area contributed by atoms with Crippen molar-refractivity contribution >= 4 is 18.4 Å². The summed E-state index contributed by atoms with van der Waals surface area (Å²) in [6.45, 7) is 0. The maximum atomic E-state index is 10.9. The van der Waals surface area contributed by atoms with Gasteiger partial charge >= 0.3 is 5.97 Å². The molecule has 4 fully saturated rings. The molecule has 0 aromatic carbocycles. The zero-order valence-electron chi connectivity index (χ0n) is 6.56. The Morgan fingerprint density at radius 3 is 2.08 bits per heavy atom. The van der Waals surface area contributed by atoms with Gasteiger partial charge in [-0.3, -0.25) is 4.79 Å². The zero-order valence-corrected chi connectivity index (χ0v) is 7.38. The molecule has 12 heavy (non-hydrogen) atoms. The maximum Gasteiger partial charge on any atom is 0.311 e. The van der Waals surface area contributed by atoms with Gasteiger partial charge in [0.15, 0.2) is 0 Å². The molecule has 0 aromatic rings. The van der Waals surface area contributed by atoms with E-state index in [-0.39, 0.29) is 18.4 Å². The first-order chi connectivity index (χ1) is 5.19. The van der Waals surface area contributed by atoms with E-state index in [1.54, 1.807) is 0 Å². The molecular formula is C8H12ClNO2. The molecule has 4 aliphatic carbocycles. The van der Waals surface area contributed by atoms with Crippen LogP contribution in [0.1, 0.15) is 12.8 Å². The Kier molecular flexibility index (Phi) is 1.36. The van der Waals surface area contributed by atoms with E-state index in [0.29, 0.717) is 17.8 Å². The van der Waals surface area contributed by atoms with E-state index < -0.39 is 11.4 Å². The van der Waals surface area contributed by atoms with Crippen molar-refractivity contribution in [2.75, 3.05) is 0 Å². The van der Waals surface area contributed by atoms with Gasteiger partial charge in [-0.1, -0.05) is 0 Å². The molecular weight excluding hydrogens is 178 g/mol. The van der Waals surface area contributed by atoms with Crippen LogP contribution in [0.25, 0.3) is 0 Å². The number of carboxylic acids is 1. The molecule has 0 saturated heterocycles. The van der Waals surface area contributed by atoms with Crippen LogP contribution in [0.2, 0.25) is 0 Å². The lowest BCUT2D eigenvalue weighted by atomic mass is 9.99. The van der Waals surface area contributed by atoms with Crippen LogP contribution in [0, 0.1) is 23.2 Å². The molecule has 0 aliphatic heterocycles. The minimum Gasteiger partial charge on any atom is -0.481 e. The van der Waals surface area contributed by atoms with E-state index in [1.165, 1.54) is 0 Å². The monoisotopic (exact) mass is 189 g/mol. The molecule has 0 heterocycles. The Balaban J connectivity index is 0.000000563. The molecule has 4 rings (SSSR count). The van der Waals surface area contributed by atoms with Gasteiger partial charge in [0.2, 0.25) is 0 Å². The van der Waals surface area contributed by atoms with Crippen LogP contribution in [0.15, 0.2) is 0 Å². The SMILES string of the molecule is Cl.NC1C2CC3C(C2)C13C(=O)O. The number of carboxylic acid groups (broad SMARTS) is 1. The fraction of sp³-hybridized carbons (Fsp3) is 0.875. The number of hydrogen-bond acceptors (Lipinski definition) is 2. The second kappa shape index (κ2) is 1.96. The van der Waals surface area contributed by atoms with E-state index in [1.807, 2.05) is 0 Å². The minimum atomic E-state index is -0.639. The van der Waals surface area contributed by atoms with Crippen LogP contribution in [-0.4, -0.2) is 17.1 Å². The lowest BCUT2D eigenvalue weighted by Crippen LogP contribution is -2.36. The van der Waals surface area contributed by atoms with Crippen LogP contribution in [0.5, 0.6) is 0 Å². The molecule has 3 N–H and O–H groups in total. The highest BCUT2D eigenvalue weighted by Gasteiger charge is 2.82. The molecule has 4 aliphatic rings. The van der Waals surface area contributed by atoms with Crippen molar-refractivity contribution in [3.63, 3.8) is 0 Å². The Labute approximate surface area is 76.7 Å². The quantitative estimate of drug-likeness (QED) is 0.631. The summed E-state index contributed by atoms with van der Waals surface area (Å²) in [6.07, 6.45) is 2.16. The third-order valence-electron chi connectivity index (χ3n) is 4.15. The summed E-state index contributed by atoms with van der Waals surface area (Å²) in [7, 11) is 0. The largest absolute Gasteiger partial charge is 0.481 e. The van der Waals surface area contributed by atoms with Gasteiger partial charge in [-0.05, 0) is 30.6 Å². The highest BCUT2D eigenvalue weighted by atomic mass is 35.5. The van der Waals surface area contributed by atoms with Crippen LogP contribution < -0.4 is 5.73 Å². The van der Waals surface area contributed by atoms with Crippen LogP contribution in [-0.2, 0) is 4.79 Å². The van der Waals surface area contributed by atoms with Crippen LogP contribution in [0.4, 0.5) is 0 Å². The molecule has 3 atom stereocenters. The predicted octanol–water partition coefficient (Wildman–Crippen LogP) is 0.476. The van der Waals surface area contributed by atoms with Gasteiger partial charge in [0.1, 0.15) is 0 Å². The fourth-order valence-corrected chi connectivity index (χ4v) is 3.67. The first-order valence-electron chi connectivity index (χ1n) is 4.18. The van der Waals surface area contributed by atoms with Gasteiger partial charge in [0.25, 0.3) is 0 Å². The lowest BCUT2D eigenvalue weighted by molar-refractivity contribution is -0.144. The van der Waals surface area contributed by atoms with E-state index in [2.05, 4.69) is 0 Å². The smallest absolute Gasteiger partial charge is 0.311 e. The van der Waals surface area contributed by atoms with Gasteiger partial charge in [-0.25, -0.2) is 0 Å². The second-order valence-electron chi connectivity index (χ2n) is 4.21. The molecule has 4 saturated carbocycles. The van der Waals surface area contributed by atoms with Crippen LogP contribution in [0.3, 0.4) is 0 Å². The third kappa shape index (κ3) is 0.519. The Bertz CT molecular complexity index is 243. The second-order valence-corrected chi connectivity index (χ2v) is 4.21. The van der Waals surface area contributed by atoms with Gasteiger partial charge in [0, 0.05) is 6.04 Å². The highest BCUT2D eigenvalue weighted by Crippen LogP contribution is 2.78. The van der Waals surface area contributed by atoms with E-state index >= 15 is 0 Å². The molecule has 0 radical (unpaired) electrons. The van der Waals surface area contributed by atoms with Gasteiger partial charge in [-0.15, -0.1) is 12.4 Å². The standard InChI is InChI=1S/C8H11NO2.ClH/c9-6-3-1-4-5(2-3)8(4,6)7(10)11;/h3-6H,1-2,9H2,(H,10,11);1H. The summed E-state index contributed by atoms with van der Waals surface area (Å²) >= 11 is 0. The number of rotatable bonds is 1. The molecule has 4 bridgehead atoms. The summed E-state index contributed by atoms with van der Waals surface area (Å²) in [5.74, 6) is 0.779. The number of halogens is 1. The van der Waals surface area contributed by atoms with Gasteiger partial charge in [-0.2, -0.15) is 0 Å². The molecule has 3 unspecified atom stereocenters. The summed E-state index contributed by atoms with van der Waals surface area (Å²) in [5.41, 5.74) is 5.41. The predicted molar refractivity (Wildman–Crippen MR) is 45.0 cm³/mol. The lowest BCUT2D eigenvalue weighted by Gasteiger charge is -2.13. The van der Waals surface area contributed by atoms with E-state index in [9.17, 15) is 4.79 Å². The summed E-state index contributed by atoms with van der Waals surface area (Å²) < 4.78 is 0. The van der Waals surface area contributed by atoms with Crippen molar-refractivity contribution in [1.82, 2.24) is 0 Å². The van der Waals surface area contributed by atoms with Crippen molar-refractivity contribution in [3.05, 3.63) is 0 Å². The first kappa shape index (κ1) is 8.32. The van der Waals surface area contributed by atoms with Crippen LogP contribution >= 0.6 is 12.4 Å². The molecule has 68 valence electrons. The third-order valence-corrected chi connectivity index (χ3v) is 4.15. The number of hydrogen-bond donors (Lipinski definition) is 2. The van der Waals surface area contributed by atoms with E-state index in [0.717, 1.165) is 12.8 Å². The first-order valence-corrected chi connectivity index (χ1v) is 4.18. The molecule has 3 nitrogen and oxygen atoms in total. The summed E-state index contributed by atoms with van der Waals surface area (Å²) in [4.78, 5) is 10.9. The summed E-state index contributed by atoms with van der Waals surface area (Å²) in [5, 5.41) is 9.00. The number of aliphatic carboxylic acids is 1. The molecule has 4 heteroatoms. The minimum absolute atomic E-state index is 0. The number of nitrogens with two attached hydrogens (primary N) is 1. The Hall–Kier alpha value is -0.280. The van der Waals surface area contributed by atoms with Gasteiger partial charge < -0.3 is 10.8 Å². The normalized spacial score (nSPS) is 58.1. The topological polar surface area (TPSA) is 63.3 Å². The Morgan fingerprint density at radius 1 is 1.42 bits per heavy atom. The van der Waals surface area contributed by atoms with Crippen molar-refractivity contribution in [2.45, 2.75) is 18.9 Å². The maximum absolute atomic E-state index is 10.9. The van der Waals surface area contributed by atoms with Crippen molar-refractivity contribution in [2.24, 2.45) is 28.9 Å². The Morgan fingerprint density at radius 2 is 1.92 bits per heavy atom. The average molecular weight is 190 g/mol.